The van der Waals surface area contributed by atoms with Crippen molar-refractivity contribution in [3.63, 3.8) is 0 Å². The second kappa shape index (κ2) is 8.56. The molecule has 0 amide bonds. The molecule has 2 N–H and O–H groups in total. The first-order valence-electron chi connectivity index (χ1n) is 14.0. The van der Waals surface area contributed by atoms with E-state index >= 15 is 0 Å². The smallest absolute Gasteiger partial charge is 0.343 e. The summed E-state index contributed by atoms with van der Waals surface area (Å²) in [5, 5.41) is 14.3. The maximum Gasteiger partial charge on any atom is 0.343 e. The van der Waals surface area contributed by atoms with E-state index in [1.54, 1.807) is 25.1 Å². The van der Waals surface area contributed by atoms with Crippen LogP contribution in [0.2, 0.25) is 0 Å². The zero-order valence-electron chi connectivity index (χ0n) is 24.9. The van der Waals surface area contributed by atoms with Gasteiger partial charge >= 0.3 is 5.97 Å². The summed E-state index contributed by atoms with van der Waals surface area (Å²) in [6.07, 6.45) is 0.166. The molecule has 0 bridgehead atoms. The van der Waals surface area contributed by atoms with Gasteiger partial charge in [0, 0.05) is 32.1 Å². The van der Waals surface area contributed by atoms with E-state index in [2.05, 4.69) is 5.32 Å². The van der Waals surface area contributed by atoms with Gasteiger partial charge in [0.2, 0.25) is 0 Å². The molecule has 8 heteroatoms. The number of ether oxygens (including phenoxy) is 1. The van der Waals surface area contributed by atoms with Crippen molar-refractivity contribution in [2.45, 2.75) is 58.2 Å². The summed E-state index contributed by atoms with van der Waals surface area (Å²) >= 11 is 0. The molecule has 2 aromatic heterocycles. The number of aromatic nitrogens is 2. The van der Waals surface area contributed by atoms with Gasteiger partial charge in [-0.3, -0.25) is 4.79 Å². The second-order valence-electron chi connectivity index (χ2n) is 8.09. The predicted octanol–water partition coefficient (Wildman–Crippen LogP) is 3.04. The summed E-state index contributed by atoms with van der Waals surface area (Å²) < 4.78 is 60.8. The Morgan fingerprint density at radius 1 is 1.33 bits per heavy atom. The zero-order chi connectivity index (χ0) is 28.5. The molecule has 0 aliphatic carbocycles. The van der Waals surface area contributed by atoms with Gasteiger partial charge in [0.1, 0.15) is 6.61 Å². The highest BCUT2D eigenvalue weighted by Gasteiger charge is 2.45. The van der Waals surface area contributed by atoms with Crippen LogP contribution in [0.5, 0.6) is 0 Å². The molecule has 0 radical (unpaired) electrons. The summed E-state index contributed by atoms with van der Waals surface area (Å²) in [5.74, 6) is -0.819. The average Bonchev–Trinajstić information content (AvgIpc) is 3.23. The van der Waals surface area contributed by atoms with Crippen LogP contribution in [0.3, 0.4) is 0 Å². The van der Waals surface area contributed by atoms with Gasteiger partial charge in [-0.1, -0.05) is 38.8 Å². The standard InChI is InChI=1S/C25H27N3O4.ClH/c1-4-25(31)19-11-21-22-17(12-28(21)23(29)18(19)13-32-24(25)30)15(9-10-26-14(2)3)16-7-5-6-8-20(16)27-22;/h5-8,11,14,26,31H,4,9-10,12-13H2,1-3H3;1H/t25-;/m0./s1/i2D3,3D3,14D;. The fraction of sp³-hybridized carbons (Fsp3) is 0.400. The lowest BCUT2D eigenvalue weighted by atomic mass is 9.86. The third-order valence-electron chi connectivity index (χ3n) is 6.39. The second-order valence-corrected chi connectivity index (χ2v) is 8.09. The van der Waals surface area contributed by atoms with Crippen molar-refractivity contribution in [2.24, 2.45) is 0 Å². The number of carbonyl (C=O) groups excluding carboxylic acids is 1. The lowest BCUT2D eigenvalue weighted by Gasteiger charge is -2.31. The zero-order valence-corrected chi connectivity index (χ0v) is 18.7. The molecule has 7 nitrogen and oxygen atoms in total. The number of hydrogen-bond donors (Lipinski definition) is 2. The quantitative estimate of drug-likeness (QED) is 0.430. The van der Waals surface area contributed by atoms with Crippen LogP contribution < -0.4 is 10.9 Å². The number of nitrogens with zero attached hydrogens (tertiary/aromatic N) is 2. The Kier molecular flexibility index (Phi) is 4.14. The number of fused-ring (bicyclic) bond motifs is 5. The molecule has 33 heavy (non-hydrogen) atoms. The number of aliphatic hydroxyl groups is 1. The van der Waals surface area contributed by atoms with Gasteiger partial charge in [0.15, 0.2) is 5.60 Å². The number of carbonyl (C=O) groups is 1. The molecule has 174 valence electrons. The number of esters is 1. The number of benzene rings is 1. The van der Waals surface area contributed by atoms with Crippen LogP contribution >= 0.6 is 12.4 Å². The SMILES string of the molecule is Cl.[2H]C([2H])([2H])C([2H])(NCCc1c2c(nc3ccccc13)-c1cc3c(c(=O)n1C2)COC(=O)[C@]3(O)CC)C([2H])([2H])[2H]. The Labute approximate surface area is 208 Å². The topological polar surface area (TPSA) is 93.5 Å². The Bertz CT molecular complexity index is 1560. The van der Waals surface area contributed by atoms with Gasteiger partial charge in [0.05, 0.1) is 29.0 Å². The number of nitrogens with one attached hydrogen (secondary N) is 1. The molecular formula is C25H28ClN3O4. The highest BCUT2D eigenvalue weighted by atomic mass is 35.5. The number of hydrogen-bond acceptors (Lipinski definition) is 6. The molecule has 0 fully saturated rings. The Morgan fingerprint density at radius 2 is 2.12 bits per heavy atom. The number of rotatable bonds is 5. The molecule has 0 unspecified atom stereocenters. The van der Waals surface area contributed by atoms with Crippen molar-refractivity contribution >= 4 is 29.3 Å². The molecule has 4 heterocycles. The van der Waals surface area contributed by atoms with Crippen molar-refractivity contribution < 1.29 is 24.2 Å². The van der Waals surface area contributed by atoms with E-state index in [1.165, 1.54) is 4.57 Å². The first kappa shape index (κ1) is 16.0. The lowest BCUT2D eigenvalue weighted by molar-refractivity contribution is -0.172. The van der Waals surface area contributed by atoms with Crippen molar-refractivity contribution in [2.75, 3.05) is 6.54 Å². The summed E-state index contributed by atoms with van der Waals surface area (Å²) in [4.78, 5) is 30.7. The van der Waals surface area contributed by atoms with Crippen LogP contribution in [0.4, 0.5) is 0 Å². The third-order valence-corrected chi connectivity index (χ3v) is 6.39. The Hall–Kier alpha value is -2.74. The normalized spacial score (nSPS) is 22.7. The van der Waals surface area contributed by atoms with Gasteiger partial charge in [0.25, 0.3) is 5.56 Å². The minimum Gasteiger partial charge on any atom is -0.458 e. The first-order valence-corrected chi connectivity index (χ1v) is 10.5. The molecule has 2 aliphatic rings. The summed E-state index contributed by atoms with van der Waals surface area (Å²) in [6, 6.07) is 5.95. The highest BCUT2D eigenvalue weighted by Crippen LogP contribution is 2.40. The van der Waals surface area contributed by atoms with Crippen LogP contribution in [-0.4, -0.2) is 33.2 Å². The molecule has 5 rings (SSSR count). The Balaban J connectivity index is 0.00000370. The van der Waals surface area contributed by atoms with E-state index in [0.717, 1.165) is 10.9 Å². The van der Waals surface area contributed by atoms with Crippen molar-refractivity contribution in [3.8, 4) is 11.4 Å². The van der Waals surface area contributed by atoms with Gasteiger partial charge < -0.3 is 19.7 Å². The fourth-order valence-electron chi connectivity index (χ4n) is 4.71. The highest BCUT2D eigenvalue weighted by molar-refractivity contribution is 5.89. The maximum absolute atomic E-state index is 13.5. The van der Waals surface area contributed by atoms with E-state index in [0.29, 0.717) is 22.5 Å². The van der Waals surface area contributed by atoms with E-state index in [9.17, 15) is 14.7 Å². The summed E-state index contributed by atoms with van der Waals surface area (Å²) in [5.41, 5.74) is 0.912. The predicted molar refractivity (Wildman–Crippen MR) is 129 cm³/mol. The largest absolute Gasteiger partial charge is 0.458 e. The van der Waals surface area contributed by atoms with Crippen molar-refractivity contribution in [1.29, 1.82) is 0 Å². The number of para-hydroxylation sites is 1. The van der Waals surface area contributed by atoms with E-state index < -0.39 is 36.9 Å². The summed E-state index contributed by atoms with van der Waals surface area (Å²) in [6.45, 7) is -4.87. The Morgan fingerprint density at radius 3 is 2.88 bits per heavy atom. The molecule has 1 aromatic carbocycles. The number of cyclic esters (lactones) is 1. The lowest BCUT2D eigenvalue weighted by Crippen LogP contribution is -2.44. The van der Waals surface area contributed by atoms with Gasteiger partial charge in [-0.05, 0) is 37.1 Å². The van der Waals surface area contributed by atoms with E-state index in [1.807, 2.05) is 12.1 Å². The molecule has 1 atom stereocenters. The van der Waals surface area contributed by atoms with Crippen LogP contribution in [0.15, 0.2) is 35.1 Å². The maximum atomic E-state index is 13.5. The van der Waals surface area contributed by atoms with Crippen molar-refractivity contribution in [3.05, 3.63) is 62.9 Å². The van der Waals surface area contributed by atoms with Gasteiger partial charge in [-0.25, -0.2) is 9.78 Å². The molecular weight excluding hydrogens is 442 g/mol. The van der Waals surface area contributed by atoms with E-state index in [-0.39, 0.29) is 56.1 Å². The molecule has 2 aliphatic heterocycles. The van der Waals surface area contributed by atoms with Crippen LogP contribution in [0.1, 0.15) is 58.9 Å². The minimum atomic E-state index is -3.11. The van der Waals surface area contributed by atoms with Gasteiger partial charge in [-0.2, -0.15) is 0 Å². The number of pyridine rings is 2. The fourth-order valence-corrected chi connectivity index (χ4v) is 4.71. The van der Waals surface area contributed by atoms with E-state index in [4.69, 9.17) is 19.3 Å². The first-order chi connectivity index (χ1) is 18.1. The number of halogens is 1. The molecule has 0 spiro atoms. The molecule has 0 saturated heterocycles. The monoisotopic (exact) mass is 476 g/mol. The average molecular weight is 477 g/mol. The van der Waals surface area contributed by atoms with Crippen LogP contribution in [0.25, 0.3) is 22.3 Å². The minimum absolute atomic E-state index is 0. The molecule has 0 saturated carbocycles. The van der Waals surface area contributed by atoms with Crippen LogP contribution in [-0.2, 0) is 34.7 Å². The van der Waals surface area contributed by atoms with Crippen LogP contribution in [0, 0.1) is 0 Å². The molecule has 3 aromatic rings. The van der Waals surface area contributed by atoms with Gasteiger partial charge in [-0.15, -0.1) is 12.4 Å². The van der Waals surface area contributed by atoms with Crippen molar-refractivity contribution in [1.82, 2.24) is 14.9 Å². The summed E-state index contributed by atoms with van der Waals surface area (Å²) in [7, 11) is 0. The third kappa shape index (κ3) is 3.55.